The zero-order chi connectivity index (χ0) is 9.42. The van der Waals surface area contributed by atoms with Gasteiger partial charge in [-0.05, 0) is 0 Å². The van der Waals surface area contributed by atoms with Gasteiger partial charge >= 0.3 is 0 Å². The van der Waals surface area contributed by atoms with Crippen LogP contribution in [0.5, 0.6) is 0 Å². The Morgan fingerprint density at radius 1 is 1.46 bits per heavy atom. The van der Waals surface area contributed by atoms with Crippen molar-refractivity contribution in [2.45, 2.75) is 19.8 Å². The zero-order valence-electron chi connectivity index (χ0n) is 7.61. The molecule has 0 bridgehead atoms. The summed E-state index contributed by atoms with van der Waals surface area (Å²) in [5.74, 6) is 0.975. The molecule has 68 valence electrons. The molecular weight excluding hydrogens is 166 g/mol. The van der Waals surface area contributed by atoms with Gasteiger partial charge < -0.3 is 10.2 Å². The van der Waals surface area contributed by atoms with E-state index in [1.165, 1.54) is 0 Å². The highest BCUT2D eigenvalue weighted by atomic mass is 16.3. The van der Waals surface area contributed by atoms with Crippen LogP contribution < -0.4 is 5.73 Å². The Kier molecular flexibility index (Phi) is 1.69. The molecule has 0 saturated carbocycles. The molecular formula is C9H11N3O. The number of nitrogens with two attached hydrogens (primary N) is 1. The van der Waals surface area contributed by atoms with E-state index in [9.17, 15) is 0 Å². The van der Waals surface area contributed by atoms with E-state index in [1.54, 1.807) is 12.3 Å². The molecule has 0 radical (unpaired) electrons. The third-order valence-corrected chi connectivity index (χ3v) is 1.78. The molecule has 0 aliphatic heterocycles. The lowest BCUT2D eigenvalue weighted by molar-refractivity contribution is 0.501. The van der Waals surface area contributed by atoms with Crippen LogP contribution in [0.1, 0.15) is 25.7 Å². The molecule has 0 saturated heterocycles. The number of pyridine rings is 1. The molecule has 0 aliphatic carbocycles. The average Bonchev–Trinajstić information content (AvgIpc) is 2.46. The van der Waals surface area contributed by atoms with Gasteiger partial charge in [-0.25, -0.2) is 4.98 Å². The summed E-state index contributed by atoms with van der Waals surface area (Å²) in [4.78, 5) is 8.27. The first-order chi connectivity index (χ1) is 6.16. The maximum Gasteiger partial charge on any atom is 0.199 e. The molecule has 0 aromatic carbocycles. The van der Waals surface area contributed by atoms with Gasteiger partial charge in [-0.2, -0.15) is 4.98 Å². The van der Waals surface area contributed by atoms with Crippen LogP contribution in [0.4, 0.5) is 5.69 Å². The van der Waals surface area contributed by atoms with Crippen molar-refractivity contribution in [2.75, 3.05) is 5.73 Å². The Labute approximate surface area is 75.8 Å². The van der Waals surface area contributed by atoms with E-state index in [2.05, 4.69) is 9.97 Å². The second-order valence-electron chi connectivity index (χ2n) is 3.30. The average molecular weight is 177 g/mol. The molecule has 0 amide bonds. The molecule has 2 rings (SSSR count). The summed E-state index contributed by atoms with van der Waals surface area (Å²) in [6, 6.07) is 1.74. The molecule has 4 heteroatoms. The predicted molar refractivity (Wildman–Crippen MR) is 50.3 cm³/mol. The Balaban J connectivity index is 2.62. The second kappa shape index (κ2) is 2.73. The van der Waals surface area contributed by atoms with E-state index in [4.69, 9.17) is 10.2 Å². The van der Waals surface area contributed by atoms with Crippen molar-refractivity contribution < 1.29 is 4.42 Å². The molecule has 4 nitrogen and oxygen atoms in total. The Hall–Kier alpha value is -1.58. The Morgan fingerprint density at radius 2 is 2.23 bits per heavy atom. The smallest absolute Gasteiger partial charge is 0.199 e. The summed E-state index contributed by atoms with van der Waals surface area (Å²) >= 11 is 0. The van der Waals surface area contributed by atoms with Crippen LogP contribution in [0.15, 0.2) is 16.7 Å². The Morgan fingerprint density at radius 3 is 2.92 bits per heavy atom. The summed E-state index contributed by atoms with van der Waals surface area (Å²) in [6.07, 6.45) is 1.58. The third-order valence-electron chi connectivity index (χ3n) is 1.78. The number of fused-ring (bicyclic) bond motifs is 1. The summed E-state index contributed by atoms with van der Waals surface area (Å²) in [5, 5.41) is 0. The standard InChI is InChI=1S/C9H11N3O/c1-5(2)9-12-8-7(13-9)3-6(10)4-11-8/h3-5H,10H2,1-2H3. The first-order valence-electron chi connectivity index (χ1n) is 4.19. The maximum atomic E-state index is 5.56. The van der Waals surface area contributed by atoms with Crippen molar-refractivity contribution in [3.8, 4) is 0 Å². The van der Waals surface area contributed by atoms with Crippen molar-refractivity contribution in [1.82, 2.24) is 9.97 Å². The highest BCUT2D eigenvalue weighted by molar-refractivity contribution is 5.71. The normalized spacial score (nSPS) is 11.3. The van der Waals surface area contributed by atoms with Crippen LogP contribution >= 0.6 is 0 Å². The van der Waals surface area contributed by atoms with Gasteiger partial charge in [0, 0.05) is 12.0 Å². The molecule has 0 atom stereocenters. The first-order valence-corrected chi connectivity index (χ1v) is 4.19. The lowest BCUT2D eigenvalue weighted by Crippen LogP contribution is -1.86. The van der Waals surface area contributed by atoms with Crippen LogP contribution in [-0.2, 0) is 0 Å². The van der Waals surface area contributed by atoms with Crippen molar-refractivity contribution in [2.24, 2.45) is 0 Å². The SMILES string of the molecule is CC(C)c1nc2ncc(N)cc2o1. The van der Waals surface area contributed by atoms with E-state index in [1.807, 2.05) is 13.8 Å². The molecule has 0 unspecified atom stereocenters. The molecule has 13 heavy (non-hydrogen) atoms. The number of nitrogen functional groups attached to an aromatic ring is 1. The van der Waals surface area contributed by atoms with Crippen LogP contribution in [0.25, 0.3) is 11.2 Å². The molecule has 2 aromatic heterocycles. The number of rotatable bonds is 1. The van der Waals surface area contributed by atoms with Gasteiger partial charge in [-0.1, -0.05) is 13.8 Å². The number of aromatic nitrogens is 2. The van der Waals surface area contributed by atoms with Gasteiger partial charge in [-0.15, -0.1) is 0 Å². The number of anilines is 1. The lowest BCUT2D eigenvalue weighted by Gasteiger charge is -1.93. The van der Waals surface area contributed by atoms with Crippen LogP contribution in [-0.4, -0.2) is 9.97 Å². The van der Waals surface area contributed by atoms with Crippen LogP contribution in [0, 0.1) is 0 Å². The minimum absolute atomic E-state index is 0.274. The Bertz CT molecular complexity index is 433. The summed E-state index contributed by atoms with van der Waals surface area (Å²) in [5.41, 5.74) is 7.43. The van der Waals surface area contributed by atoms with Crippen molar-refractivity contribution >= 4 is 16.9 Å². The second-order valence-corrected chi connectivity index (χ2v) is 3.30. The van der Waals surface area contributed by atoms with Crippen molar-refractivity contribution in [3.63, 3.8) is 0 Å². The number of hydrogen-bond donors (Lipinski definition) is 1. The summed E-state index contributed by atoms with van der Waals surface area (Å²) in [7, 11) is 0. The summed E-state index contributed by atoms with van der Waals surface area (Å²) < 4.78 is 5.46. The van der Waals surface area contributed by atoms with Gasteiger partial charge in [0.25, 0.3) is 0 Å². The molecule has 0 spiro atoms. The first kappa shape index (κ1) is 8.04. The third kappa shape index (κ3) is 1.35. The minimum atomic E-state index is 0.274. The van der Waals surface area contributed by atoms with Crippen LogP contribution in [0.3, 0.4) is 0 Å². The van der Waals surface area contributed by atoms with Gasteiger partial charge in [0.2, 0.25) is 0 Å². The molecule has 2 aromatic rings. The molecule has 2 N–H and O–H groups in total. The van der Waals surface area contributed by atoms with E-state index in [0.29, 0.717) is 22.8 Å². The van der Waals surface area contributed by atoms with E-state index < -0.39 is 0 Å². The summed E-state index contributed by atoms with van der Waals surface area (Å²) in [6.45, 7) is 4.04. The van der Waals surface area contributed by atoms with Crippen molar-refractivity contribution in [3.05, 3.63) is 18.2 Å². The molecule has 0 aliphatic rings. The predicted octanol–water partition coefficient (Wildman–Crippen LogP) is 1.93. The number of nitrogens with zero attached hydrogens (tertiary/aromatic N) is 2. The number of hydrogen-bond acceptors (Lipinski definition) is 4. The molecule has 0 fully saturated rings. The van der Waals surface area contributed by atoms with Crippen LogP contribution in [0.2, 0.25) is 0 Å². The number of oxazole rings is 1. The monoisotopic (exact) mass is 177 g/mol. The van der Waals surface area contributed by atoms with Gasteiger partial charge in [-0.3, -0.25) is 0 Å². The van der Waals surface area contributed by atoms with Crippen molar-refractivity contribution in [1.29, 1.82) is 0 Å². The highest BCUT2D eigenvalue weighted by Gasteiger charge is 2.09. The fourth-order valence-electron chi connectivity index (χ4n) is 1.10. The minimum Gasteiger partial charge on any atom is -0.439 e. The van der Waals surface area contributed by atoms with E-state index in [0.717, 1.165) is 0 Å². The highest BCUT2D eigenvalue weighted by Crippen LogP contribution is 2.20. The fraction of sp³-hybridized carbons (Fsp3) is 0.333. The quantitative estimate of drug-likeness (QED) is 0.722. The fourth-order valence-corrected chi connectivity index (χ4v) is 1.10. The lowest BCUT2D eigenvalue weighted by atomic mass is 10.2. The largest absolute Gasteiger partial charge is 0.439 e. The van der Waals surface area contributed by atoms with Gasteiger partial charge in [0.15, 0.2) is 17.1 Å². The zero-order valence-corrected chi connectivity index (χ0v) is 7.61. The topological polar surface area (TPSA) is 64.9 Å². The van der Waals surface area contributed by atoms with Gasteiger partial charge in [0.05, 0.1) is 11.9 Å². The molecule has 2 heterocycles. The maximum absolute atomic E-state index is 5.56. The van der Waals surface area contributed by atoms with Gasteiger partial charge in [0.1, 0.15) is 0 Å². The van der Waals surface area contributed by atoms with E-state index in [-0.39, 0.29) is 5.92 Å². The van der Waals surface area contributed by atoms with E-state index >= 15 is 0 Å².